The van der Waals surface area contributed by atoms with E-state index in [1.807, 2.05) is 0 Å². The highest BCUT2D eigenvalue weighted by atomic mass is 16.5. The second-order valence-corrected chi connectivity index (χ2v) is 5.10. The van der Waals surface area contributed by atoms with E-state index in [-0.39, 0.29) is 12.7 Å². The van der Waals surface area contributed by atoms with E-state index in [0.717, 1.165) is 18.4 Å². The quantitative estimate of drug-likeness (QED) is 0.762. The Kier molecular flexibility index (Phi) is 4.07. The fourth-order valence-corrected chi connectivity index (χ4v) is 2.46. The largest absolute Gasteiger partial charge is 0.490 e. The molecular formula is C14H19NO4. The third-order valence-electron chi connectivity index (χ3n) is 3.55. The van der Waals surface area contributed by atoms with Crippen molar-refractivity contribution in [1.82, 2.24) is 0 Å². The summed E-state index contributed by atoms with van der Waals surface area (Å²) < 4.78 is 5.79. The van der Waals surface area contributed by atoms with Gasteiger partial charge in [0.15, 0.2) is 0 Å². The number of aliphatic carboxylic acids is 1. The second-order valence-electron chi connectivity index (χ2n) is 5.10. The molecule has 0 heterocycles. The summed E-state index contributed by atoms with van der Waals surface area (Å²) >= 11 is 0. The zero-order valence-corrected chi connectivity index (χ0v) is 10.7. The van der Waals surface area contributed by atoms with Gasteiger partial charge in [-0.1, -0.05) is 12.1 Å². The minimum Gasteiger partial charge on any atom is -0.490 e. The number of hydrogen-bond acceptors (Lipinski definition) is 4. The second kappa shape index (κ2) is 5.59. The Labute approximate surface area is 112 Å². The molecule has 1 saturated carbocycles. The summed E-state index contributed by atoms with van der Waals surface area (Å²) in [5, 5.41) is 18.2. The lowest BCUT2D eigenvalue weighted by atomic mass is 9.81. The maximum atomic E-state index is 11.2. The number of rotatable bonds is 4. The Balaban J connectivity index is 2.04. The number of hydrogen-bond donors (Lipinski definition) is 3. The summed E-state index contributed by atoms with van der Waals surface area (Å²) in [7, 11) is 0. The van der Waals surface area contributed by atoms with Gasteiger partial charge in [0.25, 0.3) is 0 Å². The number of carboxylic acids is 1. The van der Waals surface area contributed by atoms with Crippen LogP contribution >= 0.6 is 0 Å². The van der Waals surface area contributed by atoms with E-state index in [9.17, 15) is 4.79 Å². The smallest absolute Gasteiger partial charge is 0.323 e. The fourth-order valence-electron chi connectivity index (χ4n) is 2.46. The molecule has 2 unspecified atom stereocenters. The first-order valence-corrected chi connectivity index (χ1v) is 6.42. The van der Waals surface area contributed by atoms with Crippen LogP contribution in [0.2, 0.25) is 0 Å². The standard InChI is InChI=1S/C14H19NO4/c15-14(13(17)18)6-2-5-12(8-14)19-11-4-1-3-10(7-11)9-16/h1,3-4,7,12,16H,2,5-6,8-9,15H2,(H,17,18). The SMILES string of the molecule is NC1(C(=O)O)CCCC(Oc2cccc(CO)c2)C1. The molecule has 1 aromatic carbocycles. The Bertz CT molecular complexity index is 463. The van der Waals surface area contributed by atoms with Crippen molar-refractivity contribution in [2.24, 2.45) is 5.73 Å². The van der Waals surface area contributed by atoms with Gasteiger partial charge < -0.3 is 20.7 Å². The number of ether oxygens (including phenoxy) is 1. The van der Waals surface area contributed by atoms with Crippen LogP contribution in [0.5, 0.6) is 5.75 Å². The van der Waals surface area contributed by atoms with Gasteiger partial charge in [-0.3, -0.25) is 4.79 Å². The minimum absolute atomic E-state index is 0.0438. The average Bonchev–Trinajstić information content (AvgIpc) is 2.39. The number of aliphatic hydroxyl groups is 1. The van der Waals surface area contributed by atoms with E-state index >= 15 is 0 Å². The minimum atomic E-state index is -1.18. The van der Waals surface area contributed by atoms with E-state index in [2.05, 4.69) is 0 Å². The van der Waals surface area contributed by atoms with Crippen LogP contribution in [0.3, 0.4) is 0 Å². The third kappa shape index (κ3) is 3.24. The van der Waals surface area contributed by atoms with E-state index in [1.165, 1.54) is 0 Å². The van der Waals surface area contributed by atoms with Gasteiger partial charge in [0.05, 0.1) is 6.61 Å². The maximum Gasteiger partial charge on any atom is 0.323 e. The molecule has 1 aliphatic carbocycles. The van der Waals surface area contributed by atoms with Crippen molar-refractivity contribution in [3.63, 3.8) is 0 Å². The molecular weight excluding hydrogens is 246 g/mol. The van der Waals surface area contributed by atoms with Gasteiger partial charge in [-0.2, -0.15) is 0 Å². The molecule has 0 radical (unpaired) electrons. The van der Waals surface area contributed by atoms with Gasteiger partial charge in [0.2, 0.25) is 0 Å². The molecule has 0 saturated heterocycles. The van der Waals surface area contributed by atoms with Crippen LogP contribution in [0.4, 0.5) is 0 Å². The number of aliphatic hydroxyl groups excluding tert-OH is 1. The van der Waals surface area contributed by atoms with Crippen LogP contribution in [-0.2, 0) is 11.4 Å². The van der Waals surface area contributed by atoms with Gasteiger partial charge in [-0.25, -0.2) is 0 Å². The predicted octanol–water partition coefficient (Wildman–Crippen LogP) is 1.28. The topological polar surface area (TPSA) is 92.8 Å². The van der Waals surface area contributed by atoms with Crippen LogP contribution in [0.15, 0.2) is 24.3 Å². The van der Waals surface area contributed by atoms with Crippen molar-refractivity contribution in [3.05, 3.63) is 29.8 Å². The zero-order chi connectivity index (χ0) is 13.9. The predicted molar refractivity (Wildman–Crippen MR) is 69.8 cm³/mol. The Morgan fingerprint density at radius 3 is 3.00 bits per heavy atom. The van der Waals surface area contributed by atoms with Crippen molar-refractivity contribution in [2.75, 3.05) is 0 Å². The molecule has 4 N–H and O–H groups in total. The number of benzene rings is 1. The summed E-state index contributed by atoms with van der Waals surface area (Å²) in [6, 6.07) is 7.16. The molecule has 2 atom stereocenters. The molecule has 1 aromatic rings. The van der Waals surface area contributed by atoms with Crippen LogP contribution < -0.4 is 10.5 Å². The normalized spacial score (nSPS) is 26.9. The van der Waals surface area contributed by atoms with E-state index in [4.69, 9.17) is 20.7 Å². The van der Waals surface area contributed by atoms with E-state index in [1.54, 1.807) is 24.3 Å². The molecule has 1 fully saturated rings. The zero-order valence-electron chi connectivity index (χ0n) is 10.7. The Morgan fingerprint density at radius 1 is 1.53 bits per heavy atom. The van der Waals surface area contributed by atoms with Crippen LogP contribution in [0.25, 0.3) is 0 Å². The summed E-state index contributed by atoms with van der Waals surface area (Å²) in [6.45, 7) is -0.0438. The van der Waals surface area contributed by atoms with Gasteiger partial charge >= 0.3 is 5.97 Å². The van der Waals surface area contributed by atoms with Crippen molar-refractivity contribution < 1.29 is 19.7 Å². The molecule has 2 rings (SSSR count). The van der Waals surface area contributed by atoms with Crippen LogP contribution in [-0.4, -0.2) is 27.8 Å². The molecule has 5 heteroatoms. The molecule has 5 nitrogen and oxygen atoms in total. The first kappa shape index (κ1) is 13.8. The molecule has 19 heavy (non-hydrogen) atoms. The number of nitrogens with two attached hydrogens (primary N) is 1. The van der Waals surface area contributed by atoms with Crippen molar-refractivity contribution in [1.29, 1.82) is 0 Å². The van der Waals surface area contributed by atoms with Gasteiger partial charge in [-0.05, 0) is 37.0 Å². The number of carboxylic acid groups (broad SMARTS) is 1. The van der Waals surface area contributed by atoms with Gasteiger partial charge in [0.1, 0.15) is 17.4 Å². The van der Waals surface area contributed by atoms with Crippen molar-refractivity contribution >= 4 is 5.97 Å². The van der Waals surface area contributed by atoms with Crippen LogP contribution in [0.1, 0.15) is 31.2 Å². The number of carbonyl (C=O) groups is 1. The molecule has 0 spiro atoms. The van der Waals surface area contributed by atoms with Crippen LogP contribution in [0, 0.1) is 0 Å². The highest BCUT2D eigenvalue weighted by Crippen LogP contribution is 2.29. The first-order chi connectivity index (χ1) is 9.03. The summed E-state index contributed by atoms with van der Waals surface area (Å²) in [6.07, 6.45) is 2.15. The summed E-state index contributed by atoms with van der Waals surface area (Å²) in [5.74, 6) is -0.323. The molecule has 0 amide bonds. The molecule has 0 bridgehead atoms. The lowest BCUT2D eigenvalue weighted by molar-refractivity contribution is -0.145. The average molecular weight is 265 g/mol. The highest BCUT2D eigenvalue weighted by Gasteiger charge is 2.40. The Hall–Kier alpha value is -1.59. The Morgan fingerprint density at radius 2 is 2.32 bits per heavy atom. The van der Waals surface area contributed by atoms with Gasteiger partial charge in [-0.15, -0.1) is 0 Å². The summed E-state index contributed by atoms with van der Waals surface area (Å²) in [5.41, 5.74) is 5.47. The van der Waals surface area contributed by atoms with Crippen molar-refractivity contribution in [2.45, 2.75) is 43.9 Å². The van der Waals surface area contributed by atoms with Gasteiger partial charge in [0, 0.05) is 6.42 Å². The van der Waals surface area contributed by atoms with E-state index in [0.29, 0.717) is 18.6 Å². The highest BCUT2D eigenvalue weighted by molar-refractivity contribution is 5.78. The molecule has 104 valence electrons. The molecule has 0 aliphatic heterocycles. The monoisotopic (exact) mass is 265 g/mol. The lowest BCUT2D eigenvalue weighted by Gasteiger charge is -2.34. The third-order valence-corrected chi connectivity index (χ3v) is 3.55. The summed E-state index contributed by atoms with van der Waals surface area (Å²) in [4.78, 5) is 11.2. The van der Waals surface area contributed by atoms with E-state index < -0.39 is 11.5 Å². The first-order valence-electron chi connectivity index (χ1n) is 6.42. The lowest BCUT2D eigenvalue weighted by Crippen LogP contribution is -2.53. The van der Waals surface area contributed by atoms with Crippen molar-refractivity contribution in [3.8, 4) is 5.75 Å². The fraction of sp³-hybridized carbons (Fsp3) is 0.500. The maximum absolute atomic E-state index is 11.2. The molecule has 0 aromatic heterocycles. The molecule has 1 aliphatic rings.